The van der Waals surface area contributed by atoms with Gasteiger partial charge in [0.15, 0.2) is 0 Å². The van der Waals surface area contributed by atoms with Crippen LogP contribution in [0.3, 0.4) is 0 Å². The maximum Gasteiger partial charge on any atom is 0.252 e. The Kier molecular flexibility index (Phi) is 7.96. The summed E-state index contributed by atoms with van der Waals surface area (Å²) < 4.78 is 0. The maximum absolute atomic E-state index is 2.54. The van der Waals surface area contributed by atoms with Crippen LogP contribution in [0.5, 0.6) is 0 Å². The normalized spacial score (nSPS) is 12.5. The first-order valence-corrected chi connectivity index (χ1v) is 19.7. The van der Waals surface area contributed by atoms with Gasteiger partial charge in [-0.1, -0.05) is 188 Å². The number of rotatable bonds is 6. The highest BCUT2D eigenvalue weighted by Gasteiger charge is 2.45. The molecule has 57 heavy (non-hydrogen) atoms. The third-order valence-electron chi connectivity index (χ3n) is 11.7. The fourth-order valence-electron chi connectivity index (χ4n) is 9.26. The summed E-state index contributed by atoms with van der Waals surface area (Å²) >= 11 is 0. The van der Waals surface area contributed by atoms with E-state index in [4.69, 9.17) is 0 Å². The van der Waals surface area contributed by atoms with Crippen LogP contribution in [0.4, 0.5) is 34.1 Å². The standard InChI is InChI=1S/C54H37BN2/c1-5-19-38(20-6-1)42-27-15-28-43(37-42)56-50-35-18-36-51-53(50)55(47-32-16-31-46(54(47)56)41-25-11-4-12-26-41)52-45(40-23-9-3-10-24-40)30-17-34-49(52)57(51)48-33-14-13-29-44(48)39-21-7-2-8-22-39/h1-37H. The highest BCUT2D eigenvalue weighted by atomic mass is 15.2. The summed E-state index contributed by atoms with van der Waals surface area (Å²) in [5.74, 6) is 0. The van der Waals surface area contributed by atoms with Crippen molar-refractivity contribution in [2.45, 2.75) is 0 Å². The molecule has 0 N–H and O–H groups in total. The summed E-state index contributed by atoms with van der Waals surface area (Å²) in [6.07, 6.45) is 0. The zero-order chi connectivity index (χ0) is 37.7. The van der Waals surface area contributed by atoms with E-state index in [0.717, 1.165) is 11.4 Å². The molecule has 0 radical (unpaired) electrons. The predicted molar refractivity (Wildman–Crippen MR) is 242 cm³/mol. The van der Waals surface area contributed by atoms with Gasteiger partial charge in [0.2, 0.25) is 0 Å². The minimum atomic E-state index is -0.0324. The van der Waals surface area contributed by atoms with Crippen LogP contribution >= 0.6 is 0 Å². The molecule has 0 aliphatic carbocycles. The number of para-hydroxylation sites is 2. The molecular weight excluding hydrogens is 687 g/mol. The van der Waals surface area contributed by atoms with E-state index in [1.165, 1.54) is 83.6 Å². The fraction of sp³-hybridized carbons (Fsp3) is 0. The molecule has 0 spiro atoms. The molecule has 2 aliphatic heterocycles. The average molecular weight is 725 g/mol. The van der Waals surface area contributed by atoms with Gasteiger partial charge in [0.25, 0.3) is 6.71 Å². The van der Waals surface area contributed by atoms with Gasteiger partial charge in [-0.3, -0.25) is 0 Å². The molecule has 9 aromatic rings. The Morgan fingerprint density at radius 2 is 0.719 bits per heavy atom. The zero-order valence-electron chi connectivity index (χ0n) is 31.3. The van der Waals surface area contributed by atoms with Gasteiger partial charge in [-0.15, -0.1) is 0 Å². The molecule has 0 saturated carbocycles. The molecule has 11 rings (SSSR count). The van der Waals surface area contributed by atoms with E-state index in [-0.39, 0.29) is 6.71 Å². The highest BCUT2D eigenvalue weighted by molar-refractivity contribution is 7.01. The van der Waals surface area contributed by atoms with Crippen LogP contribution in [-0.2, 0) is 0 Å². The Labute approximate surface area is 334 Å². The molecular formula is C54H37BN2. The number of hydrogen-bond acceptors (Lipinski definition) is 2. The maximum atomic E-state index is 2.54. The molecule has 0 atom stereocenters. The minimum Gasteiger partial charge on any atom is -0.311 e. The first kappa shape index (κ1) is 33.0. The number of fused-ring (bicyclic) bond motifs is 4. The van der Waals surface area contributed by atoms with E-state index >= 15 is 0 Å². The van der Waals surface area contributed by atoms with Crippen LogP contribution in [0.15, 0.2) is 224 Å². The molecule has 3 heteroatoms. The van der Waals surface area contributed by atoms with Crippen molar-refractivity contribution in [2.24, 2.45) is 0 Å². The van der Waals surface area contributed by atoms with Gasteiger partial charge in [-0.2, -0.15) is 0 Å². The molecule has 2 aliphatic rings. The molecule has 0 unspecified atom stereocenters. The Morgan fingerprint density at radius 1 is 0.281 bits per heavy atom. The fourth-order valence-corrected chi connectivity index (χ4v) is 9.26. The van der Waals surface area contributed by atoms with Crippen molar-refractivity contribution >= 4 is 57.2 Å². The van der Waals surface area contributed by atoms with Crippen molar-refractivity contribution in [1.29, 1.82) is 0 Å². The second-order valence-electron chi connectivity index (χ2n) is 14.8. The van der Waals surface area contributed by atoms with Crippen LogP contribution in [0, 0.1) is 0 Å². The Bertz CT molecular complexity index is 2910. The molecule has 2 heterocycles. The topological polar surface area (TPSA) is 6.48 Å². The van der Waals surface area contributed by atoms with Gasteiger partial charge in [0.1, 0.15) is 0 Å². The molecule has 9 aromatic carbocycles. The van der Waals surface area contributed by atoms with E-state index in [1.54, 1.807) is 0 Å². The largest absolute Gasteiger partial charge is 0.311 e. The molecule has 0 aromatic heterocycles. The monoisotopic (exact) mass is 724 g/mol. The molecule has 0 bridgehead atoms. The van der Waals surface area contributed by atoms with Crippen LogP contribution in [0.2, 0.25) is 0 Å². The third kappa shape index (κ3) is 5.43. The lowest BCUT2D eigenvalue weighted by Crippen LogP contribution is -2.62. The number of benzene rings is 9. The summed E-state index contributed by atoms with van der Waals surface area (Å²) in [5.41, 5.74) is 20.6. The number of hydrogen-bond donors (Lipinski definition) is 0. The van der Waals surface area contributed by atoms with Gasteiger partial charge in [0, 0.05) is 39.6 Å². The number of nitrogens with zero attached hydrogens (tertiary/aromatic N) is 2. The second-order valence-corrected chi connectivity index (χ2v) is 14.8. The van der Waals surface area contributed by atoms with Gasteiger partial charge in [0.05, 0.1) is 5.69 Å². The SMILES string of the molecule is c1ccc(-c2cccc(N3c4cccc5c4B(c4cccc(-c6ccccc6)c43)c3c(-c4ccccc4)cccc3N5c3ccccc3-c3ccccc3)c2)cc1. The van der Waals surface area contributed by atoms with E-state index in [2.05, 4.69) is 234 Å². The molecule has 266 valence electrons. The van der Waals surface area contributed by atoms with E-state index < -0.39 is 0 Å². The van der Waals surface area contributed by atoms with Crippen LogP contribution in [-0.4, -0.2) is 6.71 Å². The molecule has 0 amide bonds. The first-order chi connectivity index (χ1) is 28.3. The summed E-state index contributed by atoms with van der Waals surface area (Å²) in [6, 6.07) is 82.0. The summed E-state index contributed by atoms with van der Waals surface area (Å²) in [5, 5.41) is 0. The molecule has 0 saturated heterocycles. The van der Waals surface area contributed by atoms with Gasteiger partial charge < -0.3 is 9.80 Å². The quantitative estimate of drug-likeness (QED) is 0.158. The van der Waals surface area contributed by atoms with E-state index in [1.807, 2.05) is 0 Å². The Morgan fingerprint density at radius 3 is 1.40 bits per heavy atom. The Balaban J connectivity index is 1.25. The summed E-state index contributed by atoms with van der Waals surface area (Å²) in [4.78, 5) is 5.07. The smallest absolute Gasteiger partial charge is 0.252 e. The zero-order valence-corrected chi connectivity index (χ0v) is 31.3. The lowest BCUT2D eigenvalue weighted by Gasteiger charge is -2.45. The average Bonchev–Trinajstić information content (AvgIpc) is 3.30. The lowest BCUT2D eigenvalue weighted by atomic mass is 9.32. The Hall–Kier alpha value is -7.36. The summed E-state index contributed by atoms with van der Waals surface area (Å²) in [6.45, 7) is -0.0324. The second kappa shape index (κ2) is 13.7. The van der Waals surface area contributed by atoms with Crippen molar-refractivity contribution in [3.63, 3.8) is 0 Å². The number of anilines is 6. The van der Waals surface area contributed by atoms with E-state index in [9.17, 15) is 0 Å². The van der Waals surface area contributed by atoms with Gasteiger partial charge in [-0.05, 0) is 86.2 Å². The predicted octanol–water partition coefficient (Wildman–Crippen LogP) is 12.4. The van der Waals surface area contributed by atoms with Gasteiger partial charge in [-0.25, -0.2) is 0 Å². The van der Waals surface area contributed by atoms with E-state index in [0.29, 0.717) is 0 Å². The van der Waals surface area contributed by atoms with Crippen molar-refractivity contribution in [3.8, 4) is 44.5 Å². The van der Waals surface area contributed by atoms with Crippen molar-refractivity contribution < 1.29 is 0 Å². The van der Waals surface area contributed by atoms with Crippen LogP contribution in [0.1, 0.15) is 0 Å². The summed E-state index contributed by atoms with van der Waals surface area (Å²) in [7, 11) is 0. The van der Waals surface area contributed by atoms with Crippen molar-refractivity contribution in [2.75, 3.05) is 9.80 Å². The third-order valence-corrected chi connectivity index (χ3v) is 11.7. The molecule has 2 nitrogen and oxygen atoms in total. The van der Waals surface area contributed by atoms with Crippen LogP contribution < -0.4 is 26.2 Å². The van der Waals surface area contributed by atoms with Crippen molar-refractivity contribution in [3.05, 3.63) is 224 Å². The minimum absolute atomic E-state index is 0.0324. The lowest BCUT2D eigenvalue weighted by molar-refractivity contribution is 1.25. The highest BCUT2D eigenvalue weighted by Crippen LogP contribution is 2.49. The molecule has 0 fully saturated rings. The van der Waals surface area contributed by atoms with Crippen LogP contribution in [0.25, 0.3) is 44.5 Å². The van der Waals surface area contributed by atoms with Gasteiger partial charge >= 0.3 is 0 Å². The first-order valence-electron chi connectivity index (χ1n) is 19.7. The van der Waals surface area contributed by atoms with Crippen molar-refractivity contribution in [1.82, 2.24) is 0 Å².